The van der Waals surface area contributed by atoms with Crippen molar-refractivity contribution >= 4 is 23.7 Å². The van der Waals surface area contributed by atoms with Gasteiger partial charge in [-0.05, 0) is 24.6 Å². The second kappa shape index (κ2) is 10.6. The van der Waals surface area contributed by atoms with Crippen molar-refractivity contribution in [2.45, 2.75) is 62.1 Å². The fourth-order valence-electron chi connectivity index (χ4n) is 3.32. The molecule has 1 saturated heterocycles. The summed E-state index contributed by atoms with van der Waals surface area (Å²) in [6, 6.07) is 19.5. The van der Waals surface area contributed by atoms with Crippen LogP contribution in [0.25, 0.3) is 0 Å². The number of ether oxygens (including phenoxy) is 4. The van der Waals surface area contributed by atoms with Crippen LogP contribution in [0.2, 0.25) is 0 Å². The Morgan fingerprint density at radius 3 is 2.03 bits per heavy atom. The molecule has 1 aliphatic heterocycles. The van der Waals surface area contributed by atoms with Gasteiger partial charge >= 0.3 is 11.9 Å². The summed E-state index contributed by atoms with van der Waals surface area (Å²) in [5.74, 6) is -0.938. The van der Waals surface area contributed by atoms with Gasteiger partial charge < -0.3 is 18.9 Å². The first-order valence-corrected chi connectivity index (χ1v) is 10.7. The Labute approximate surface area is 180 Å². The van der Waals surface area contributed by atoms with Crippen LogP contribution >= 0.6 is 11.8 Å². The topological polar surface area (TPSA) is 71.1 Å². The van der Waals surface area contributed by atoms with Crippen molar-refractivity contribution < 1.29 is 28.5 Å². The zero-order valence-corrected chi connectivity index (χ0v) is 18.0. The molecule has 0 amide bonds. The minimum atomic E-state index is -0.792. The van der Waals surface area contributed by atoms with E-state index in [0.29, 0.717) is 6.61 Å². The highest BCUT2D eigenvalue weighted by atomic mass is 32.2. The summed E-state index contributed by atoms with van der Waals surface area (Å²) < 4.78 is 23.5. The van der Waals surface area contributed by atoms with E-state index in [9.17, 15) is 9.59 Å². The van der Waals surface area contributed by atoms with Crippen LogP contribution in [0.3, 0.4) is 0 Å². The Morgan fingerprint density at radius 2 is 1.43 bits per heavy atom. The minimum absolute atomic E-state index is 0.305. The number of hydrogen-bond acceptors (Lipinski definition) is 7. The van der Waals surface area contributed by atoms with Crippen LogP contribution in [0.15, 0.2) is 65.6 Å². The van der Waals surface area contributed by atoms with Gasteiger partial charge in [-0.25, -0.2) is 0 Å². The van der Waals surface area contributed by atoms with Crippen molar-refractivity contribution in [3.63, 3.8) is 0 Å². The molecule has 30 heavy (non-hydrogen) atoms. The first kappa shape index (κ1) is 22.3. The maximum absolute atomic E-state index is 11.9. The van der Waals surface area contributed by atoms with Gasteiger partial charge in [0.1, 0.15) is 11.5 Å². The minimum Gasteiger partial charge on any atom is -0.456 e. The van der Waals surface area contributed by atoms with Gasteiger partial charge in [-0.2, -0.15) is 0 Å². The van der Waals surface area contributed by atoms with Crippen LogP contribution in [-0.4, -0.2) is 41.8 Å². The van der Waals surface area contributed by atoms with Gasteiger partial charge in [0.15, 0.2) is 12.2 Å². The Bertz CT molecular complexity index is 828. The van der Waals surface area contributed by atoms with Crippen molar-refractivity contribution in [2.24, 2.45) is 0 Å². The van der Waals surface area contributed by atoms with Gasteiger partial charge in [-0.3, -0.25) is 9.59 Å². The number of carbonyl (C=O) groups excluding carboxylic acids is 2. The molecule has 0 unspecified atom stereocenters. The molecule has 5 atom stereocenters. The molecule has 1 heterocycles. The summed E-state index contributed by atoms with van der Waals surface area (Å²) in [5.41, 5.74) is 0.521. The van der Waals surface area contributed by atoms with Gasteiger partial charge in [-0.1, -0.05) is 60.3 Å². The molecule has 0 spiro atoms. The van der Waals surface area contributed by atoms with Gasteiger partial charge in [0.05, 0.1) is 12.7 Å². The summed E-state index contributed by atoms with van der Waals surface area (Å²) >= 11 is 1.48. The number of rotatable bonds is 7. The lowest BCUT2D eigenvalue weighted by Gasteiger charge is -2.44. The Hall–Kier alpha value is -2.35. The van der Waals surface area contributed by atoms with Crippen molar-refractivity contribution in [3.8, 4) is 0 Å². The van der Waals surface area contributed by atoms with E-state index in [0.717, 1.165) is 10.5 Å². The molecule has 1 fully saturated rings. The number of thioether (sulfide) groups is 1. The lowest BCUT2D eigenvalue weighted by atomic mass is 10.00. The second-order valence-corrected chi connectivity index (χ2v) is 8.22. The molecule has 3 rings (SSSR count). The quantitative estimate of drug-likeness (QED) is 0.616. The summed E-state index contributed by atoms with van der Waals surface area (Å²) in [5, 5.41) is 0. The predicted octanol–water partition coefficient (Wildman–Crippen LogP) is 3.97. The summed E-state index contributed by atoms with van der Waals surface area (Å²) in [6.45, 7) is 4.76. The van der Waals surface area contributed by atoms with Gasteiger partial charge in [0.2, 0.25) is 0 Å². The van der Waals surface area contributed by atoms with E-state index in [1.54, 1.807) is 6.92 Å². The third-order valence-electron chi connectivity index (χ3n) is 4.61. The highest BCUT2D eigenvalue weighted by Gasteiger charge is 2.49. The molecular weight excluding hydrogens is 404 g/mol. The van der Waals surface area contributed by atoms with E-state index in [1.807, 2.05) is 60.7 Å². The van der Waals surface area contributed by atoms with E-state index >= 15 is 0 Å². The van der Waals surface area contributed by atoms with Crippen LogP contribution < -0.4 is 0 Å². The fraction of sp³-hybridized carbons (Fsp3) is 0.391. The third-order valence-corrected chi connectivity index (χ3v) is 5.77. The number of benzene rings is 2. The maximum Gasteiger partial charge on any atom is 0.303 e. The van der Waals surface area contributed by atoms with E-state index in [4.69, 9.17) is 18.9 Å². The molecule has 160 valence electrons. The molecule has 0 saturated carbocycles. The monoisotopic (exact) mass is 430 g/mol. The average molecular weight is 431 g/mol. The SMILES string of the molecule is CC(=O)O[C@@H]1[C@H](OC(C)=O)[C@H](C)O[C@@H](Sc2ccccc2)[C@H]1OCc1ccccc1. The molecule has 0 bridgehead atoms. The van der Waals surface area contributed by atoms with E-state index < -0.39 is 41.8 Å². The Balaban J connectivity index is 1.88. The van der Waals surface area contributed by atoms with E-state index in [-0.39, 0.29) is 0 Å². The molecule has 2 aromatic rings. The molecule has 7 heteroatoms. The summed E-state index contributed by atoms with van der Waals surface area (Å²) in [4.78, 5) is 24.5. The zero-order chi connectivity index (χ0) is 21.5. The molecule has 0 N–H and O–H groups in total. The van der Waals surface area contributed by atoms with Crippen LogP contribution in [0.4, 0.5) is 0 Å². The van der Waals surface area contributed by atoms with Gasteiger partial charge in [-0.15, -0.1) is 0 Å². The van der Waals surface area contributed by atoms with Crippen molar-refractivity contribution in [1.82, 2.24) is 0 Å². The lowest BCUT2D eigenvalue weighted by Crippen LogP contribution is -2.59. The van der Waals surface area contributed by atoms with E-state index in [2.05, 4.69) is 0 Å². The number of carbonyl (C=O) groups is 2. The molecular formula is C23H26O6S. The molecule has 0 radical (unpaired) electrons. The fourth-order valence-corrected chi connectivity index (χ4v) is 4.50. The first-order chi connectivity index (χ1) is 14.4. The van der Waals surface area contributed by atoms with Crippen molar-refractivity contribution in [3.05, 3.63) is 66.2 Å². The standard InChI is InChI=1S/C23H26O6S/c1-15-20(28-16(2)24)21(29-17(3)25)22(26-14-18-10-6-4-7-11-18)23(27-15)30-19-12-8-5-9-13-19/h4-13,15,20-23H,14H2,1-3H3/t15-,20+,21+,22-,23-/m0/s1. The molecule has 0 aromatic heterocycles. The summed E-state index contributed by atoms with van der Waals surface area (Å²) in [6.07, 6.45) is -2.67. The van der Waals surface area contributed by atoms with Crippen LogP contribution in [0.5, 0.6) is 0 Å². The van der Waals surface area contributed by atoms with Crippen molar-refractivity contribution in [2.75, 3.05) is 0 Å². The highest BCUT2D eigenvalue weighted by Crippen LogP contribution is 2.37. The van der Waals surface area contributed by atoms with Crippen LogP contribution in [0.1, 0.15) is 26.3 Å². The average Bonchev–Trinajstić information content (AvgIpc) is 2.71. The third kappa shape index (κ3) is 6.08. The van der Waals surface area contributed by atoms with Crippen LogP contribution in [0, 0.1) is 0 Å². The Kier molecular flexibility index (Phi) is 7.90. The number of esters is 2. The first-order valence-electron chi connectivity index (χ1n) is 9.81. The smallest absolute Gasteiger partial charge is 0.303 e. The Morgan fingerprint density at radius 1 is 0.867 bits per heavy atom. The van der Waals surface area contributed by atoms with Gasteiger partial charge in [0, 0.05) is 18.7 Å². The zero-order valence-electron chi connectivity index (χ0n) is 17.2. The molecule has 2 aromatic carbocycles. The summed E-state index contributed by atoms with van der Waals surface area (Å²) in [7, 11) is 0. The highest BCUT2D eigenvalue weighted by molar-refractivity contribution is 7.99. The van der Waals surface area contributed by atoms with Crippen molar-refractivity contribution in [1.29, 1.82) is 0 Å². The van der Waals surface area contributed by atoms with Gasteiger partial charge in [0.25, 0.3) is 0 Å². The maximum atomic E-state index is 11.9. The predicted molar refractivity (Wildman–Crippen MR) is 113 cm³/mol. The molecule has 0 aliphatic carbocycles. The molecule has 6 nitrogen and oxygen atoms in total. The number of hydrogen-bond donors (Lipinski definition) is 0. The normalized spacial score (nSPS) is 26.0. The molecule has 1 aliphatic rings. The van der Waals surface area contributed by atoms with Crippen LogP contribution in [-0.2, 0) is 35.1 Å². The van der Waals surface area contributed by atoms with E-state index in [1.165, 1.54) is 25.6 Å². The largest absolute Gasteiger partial charge is 0.456 e. The lowest BCUT2D eigenvalue weighted by molar-refractivity contribution is -0.232. The second-order valence-electron chi connectivity index (χ2n) is 7.05.